The number of nitrogens with one attached hydrogen (secondary N) is 2. The molecular weight excluding hydrogens is 292 g/mol. The molecule has 1 aliphatic heterocycles. The number of aromatic nitrogens is 1. The fourth-order valence-electron chi connectivity index (χ4n) is 2.76. The van der Waals surface area contributed by atoms with Crippen LogP contribution < -0.4 is 20.3 Å². The van der Waals surface area contributed by atoms with Crippen LogP contribution in [0.1, 0.15) is 11.1 Å². The predicted molar refractivity (Wildman–Crippen MR) is 89.2 cm³/mol. The van der Waals surface area contributed by atoms with Gasteiger partial charge in [0.05, 0.1) is 5.52 Å². The Morgan fingerprint density at radius 2 is 2.00 bits per heavy atom. The number of fused-ring (bicyclic) bond motifs is 2. The van der Waals surface area contributed by atoms with Crippen LogP contribution in [0.2, 0.25) is 0 Å². The van der Waals surface area contributed by atoms with Crippen LogP contribution in [-0.2, 0) is 6.54 Å². The van der Waals surface area contributed by atoms with Crippen LogP contribution in [0, 0.1) is 6.92 Å². The second kappa shape index (κ2) is 5.35. The molecule has 0 bridgehead atoms. The van der Waals surface area contributed by atoms with Crippen molar-refractivity contribution in [3.05, 3.63) is 63.9 Å². The standard InChI is InChI=1S/C18H16N2O3/c1-11-3-2-4-12-7-13(18(21)20-17(11)12)9-19-14-5-6-15-16(8-14)23-10-22-15/h2-8,19H,9-10H2,1H3,(H,20,21). The van der Waals surface area contributed by atoms with E-state index in [0.29, 0.717) is 12.1 Å². The topological polar surface area (TPSA) is 63.4 Å². The number of benzene rings is 2. The maximum absolute atomic E-state index is 12.3. The molecule has 2 heterocycles. The zero-order chi connectivity index (χ0) is 15.8. The van der Waals surface area contributed by atoms with Crippen molar-refractivity contribution in [3.8, 4) is 11.5 Å². The summed E-state index contributed by atoms with van der Waals surface area (Å²) in [6, 6.07) is 13.6. The van der Waals surface area contributed by atoms with Crippen LogP contribution in [0.5, 0.6) is 11.5 Å². The molecule has 5 heteroatoms. The van der Waals surface area contributed by atoms with Crippen LogP contribution in [-0.4, -0.2) is 11.8 Å². The van der Waals surface area contributed by atoms with Gasteiger partial charge >= 0.3 is 0 Å². The van der Waals surface area contributed by atoms with Crippen LogP contribution >= 0.6 is 0 Å². The molecular formula is C18H16N2O3. The number of anilines is 1. The number of aryl methyl sites for hydroxylation is 1. The highest BCUT2D eigenvalue weighted by molar-refractivity contribution is 5.82. The molecule has 0 radical (unpaired) electrons. The molecule has 0 atom stereocenters. The first kappa shape index (κ1) is 13.7. The molecule has 0 saturated heterocycles. The second-order valence-electron chi connectivity index (χ2n) is 5.58. The van der Waals surface area contributed by atoms with E-state index in [2.05, 4.69) is 10.3 Å². The fourth-order valence-corrected chi connectivity index (χ4v) is 2.76. The van der Waals surface area contributed by atoms with E-state index >= 15 is 0 Å². The first-order valence-corrected chi connectivity index (χ1v) is 7.46. The highest BCUT2D eigenvalue weighted by Gasteiger charge is 2.13. The average Bonchev–Trinajstić information content (AvgIpc) is 3.01. The summed E-state index contributed by atoms with van der Waals surface area (Å²) in [6.45, 7) is 2.68. The lowest BCUT2D eigenvalue weighted by molar-refractivity contribution is 0.174. The Kier molecular flexibility index (Phi) is 3.19. The normalized spacial score (nSPS) is 12.6. The van der Waals surface area contributed by atoms with Crippen LogP contribution in [0.25, 0.3) is 10.9 Å². The van der Waals surface area contributed by atoms with E-state index in [-0.39, 0.29) is 12.4 Å². The Hall–Kier alpha value is -2.95. The van der Waals surface area contributed by atoms with Gasteiger partial charge in [0.1, 0.15) is 0 Å². The summed E-state index contributed by atoms with van der Waals surface area (Å²) in [5, 5.41) is 4.29. The van der Waals surface area contributed by atoms with Crippen molar-refractivity contribution in [3.63, 3.8) is 0 Å². The maximum atomic E-state index is 12.3. The van der Waals surface area contributed by atoms with E-state index in [1.54, 1.807) is 0 Å². The predicted octanol–water partition coefficient (Wildman–Crippen LogP) is 3.18. The monoisotopic (exact) mass is 308 g/mol. The van der Waals surface area contributed by atoms with Crippen LogP contribution in [0.15, 0.2) is 47.3 Å². The van der Waals surface area contributed by atoms with Crippen molar-refractivity contribution in [1.29, 1.82) is 0 Å². The van der Waals surface area contributed by atoms with E-state index in [1.807, 2.05) is 49.4 Å². The van der Waals surface area contributed by atoms with Crippen molar-refractivity contribution >= 4 is 16.6 Å². The van der Waals surface area contributed by atoms with Crippen molar-refractivity contribution in [2.75, 3.05) is 12.1 Å². The third-order valence-electron chi connectivity index (χ3n) is 4.02. The van der Waals surface area contributed by atoms with E-state index in [4.69, 9.17) is 9.47 Å². The number of hydrogen-bond donors (Lipinski definition) is 2. The van der Waals surface area contributed by atoms with Crippen molar-refractivity contribution in [2.24, 2.45) is 0 Å². The Labute approximate surface area is 132 Å². The molecule has 0 amide bonds. The number of H-pyrrole nitrogens is 1. The lowest BCUT2D eigenvalue weighted by atomic mass is 10.1. The lowest BCUT2D eigenvalue weighted by Crippen LogP contribution is -2.16. The van der Waals surface area contributed by atoms with Crippen molar-refractivity contribution in [1.82, 2.24) is 4.98 Å². The van der Waals surface area contributed by atoms with Gasteiger partial charge in [0, 0.05) is 23.9 Å². The zero-order valence-corrected chi connectivity index (χ0v) is 12.7. The molecule has 116 valence electrons. The summed E-state index contributed by atoms with van der Waals surface area (Å²) < 4.78 is 10.6. The molecule has 0 unspecified atom stereocenters. The summed E-state index contributed by atoms with van der Waals surface area (Å²) in [4.78, 5) is 15.2. The molecule has 0 saturated carbocycles. The third-order valence-corrected chi connectivity index (χ3v) is 4.02. The van der Waals surface area contributed by atoms with Crippen LogP contribution in [0.3, 0.4) is 0 Å². The number of rotatable bonds is 3. The Bertz CT molecular complexity index is 947. The molecule has 1 aliphatic rings. The van der Waals surface area contributed by atoms with Crippen LogP contribution in [0.4, 0.5) is 5.69 Å². The Balaban J connectivity index is 1.60. The first-order chi connectivity index (χ1) is 11.2. The quantitative estimate of drug-likeness (QED) is 0.780. The van der Waals surface area contributed by atoms with Gasteiger partial charge in [-0.05, 0) is 36.1 Å². The summed E-state index contributed by atoms with van der Waals surface area (Å²) in [7, 11) is 0. The lowest BCUT2D eigenvalue weighted by Gasteiger charge is -2.08. The third kappa shape index (κ3) is 2.50. The van der Waals surface area contributed by atoms with E-state index in [0.717, 1.165) is 33.7 Å². The molecule has 1 aromatic heterocycles. The average molecular weight is 308 g/mol. The number of para-hydroxylation sites is 1. The molecule has 23 heavy (non-hydrogen) atoms. The molecule has 4 rings (SSSR count). The van der Waals surface area contributed by atoms with Gasteiger partial charge < -0.3 is 19.8 Å². The summed E-state index contributed by atoms with van der Waals surface area (Å²) >= 11 is 0. The minimum Gasteiger partial charge on any atom is -0.454 e. The number of aromatic amines is 1. The van der Waals surface area contributed by atoms with E-state index in [1.165, 1.54) is 0 Å². The highest BCUT2D eigenvalue weighted by atomic mass is 16.7. The Morgan fingerprint density at radius 3 is 2.91 bits per heavy atom. The van der Waals surface area contributed by atoms with Gasteiger partial charge in [0.15, 0.2) is 11.5 Å². The van der Waals surface area contributed by atoms with Crippen molar-refractivity contribution < 1.29 is 9.47 Å². The number of pyridine rings is 1. The zero-order valence-electron chi connectivity index (χ0n) is 12.7. The van der Waals surface area contributed by atoms with Crippen molar-refractivity contribution in [2.45, 2.75) is 13.5 Å². The van der Waals surface area contributed by atoms with E-state index in [9.17, 15) is 4.79 Å². The SMILES string of the molecule is Cc1cccc2cc(CNc3ccc4c(c3)OCO4)c(=O)[nH]c12. The van der Waals surface area contributed by atoms with Gasteiger partial charge in [0.25, 0.3) is 5.56 Å². The molecule has 2 N–H and O–H groups in total. The maximum Gasteiger partial charge on any atom is 0.253 e. The fraction of sp³-hybridized carbons (Fsp3) is 0.167. The van der Waals surface area contributed by atoms with Gasteiger partial charge in [-0.1, -0.05) is 18.2 Å². The Morgan fingerprint density at radius 1 is 1.13 bits per heavy atom. The molecule has 0 spiro atoms. The van der Waals surface area contributed by atoms with Gasteiger partial charge in [-0.3, -0.25) is 4.79 Å². The molecule has 0 fully saturated rings. The highest BCUT2D eigenvalue weighted by Crippen LogP contribution is 2.34. The second-order valence-corrected chi connectivity index (χ2v) is 5.58. The largest absolute Gasteiger partial charge is 0.454 e. The summed E-state index contributed by atoms with van der Waals surface area (Å²) in [5.41, 5.74) is 3.47. The first-order valence-electron chi connectivity index (χ1n) is 7.46. The van der Waals surface area contributed by atoms with Gasteiger partial charge in [-0.15, -0.1) is 0 Å². The van der Waals surface area contributed by atoms with Gasteiger partial charge in [0.2, 0.25) is 6.79 Å². The summed E-state index contributed by atoms with van der Waals surface area (Å²) in [6.07, 6.45) is 0. The van der Waals surface area contributed by atoms with E-state index < -0.39 is 0 Å². The minimum atomic E-state index is -0.0694. The number of ether oxygens (including phenoxy) is 2. The van der Waals surface area contributed by atoms with Gasteiger partial charge in [-0.2, -0.15) is 0 Å². The molecule has 3 aromatic rings. The summed E-state index contributed by atoms with van der Waals surface area (Å²) in [5.74, 6) is 1.47. The molecule has 0 aliphatic carbocycles. The molecule has 2 aromatic carbocycles. The van der Waals surface area contributed by atoms with Gasteiger partial charge in [-0.25, -0.2) is 0 Å². The smallest absolute Gasteiger partial charge is 0.253 e. The number of hydrogen-bond acceptors (Lipinski definition) is 4. The minimum absolute atomic E-state index is 0.0694. The molecule has 5 nitrogen and oxygen atoms in total.